The molecule has 1 rings (SSSR count). The minimum absolute atomic E-state index is 0.212. The van der Waals surface area contributed by atoms with Crippen LogP contribution in [0.25, 0.3) is 0 Å². The molecule has 1 aromatic carbocycles. The smallest absolute Gasteiger partial charge is 0.316 e. The van der Waals surface area contributed by atoms with Crippen LogP contribution in [0.1, 0.15) is 18.9 Å². The van der Waals surface area contributed by atoms with Gasteiger partial charge in [-0.25, -0.2) is 4.79 Å². The van der Waals surface area contributed by atoms with E-state index >= 15 is 0 Å². The number of hydrogen-bond acceptors (Lipinski definition) is 4. The quantitative estimate of drug-likeness (QED) is 0.486. The third kappa shape index (κ3) is 5.70. The number of nitrogens with one attached hydrogen (secondary N) is 2. The highest BCUT2D eigenvalue weighted by Gasteiger charge is 2.23. The molecule has 0 saturated carbocycles. The molecule has 0 atom stereocenters. The van der Waals surface area contributed by atoms with Gasteiger partial charge in [0.25, 0.3) is 0 Å². The van der Waals surface area contributed by atoms with Crippen LogP contribution in [0.2, 0.25) is 0 Å². The predicted molar refractivity (Wildman–Crippen MR) is 79.8 cm³/mol. The van der Waals surface area contributed by atoms with Crippen LogP contribution >= 0.6 is 0 Å². The number of rotatable bonds is 8. The maximum absolute atomic E-state index is 11.6. The normalized spacial score (nSPS) is 10.1. The number of primary amides is 2. The van der Waals surface area contributed by atoms with Gasteiger partial charge in [0.2, 0.25) is 11.8 Å². The number of nitrogens with two attached hydrogens (primary N) is 2. The van der Waals surface area contributed by atoms with Gasteiger partial charge in [-0.1, -0.05) is 19.1 Å². The molecular weight excluding hydrogens is 288 g/mol. The van der Waals surface area contributed by atoms with Gasteiger partial charge in [0.05, 0.1) is 6.61 Å². The Morgan fingerprint density at radius 2 is 1.73 bits per heavy atom. The molecule has 0 spiro atoms. The molecule has 4 amide bonds. The highest BCUT2D eigenvalue weighted by molar-refractivity contribution is 6.05. The van der Waals surface area contributed by atoms with Crippen molar-refractivity contribution in [1.82, 2.24) is 10.6 Å². The number of ether oxygens (including phenoxy) is 1. The van der Waals surface area contributed by atoms with Crippen LogP contribution in [-0.4, -0.2) is 30.5 Å². The van der Waals surface area contributed by atoms with Gasteiger partial charge in [0.15, 0.2) is 6.04 Å². The van der Waals surface area contributed by atoms with Crippen molar-refractivity contribution in [3.8, 4) is 5.75 Å². The zero-order valence-corrected chi connectivity index (χ0v) is 12.3. The van der Waals surface area contributed by atoms with Crippen molar-refractivity contribution in [3.63, 3.8) is 0 Å². The first-order valence-corrected chi connectivity index (χ1v) is 6.78. The molecule has 120 valence electrons. The third-order valence-corrected chi connectivity index (χ3v) is 2.69. The molecule has 0 heterocycles. The number of carbonyl (C=O) groups excluding carboxylic acids is 3. The summed E-state index contributed by atoms with van der Waals surface area (Å²) in [6.45, 7) is 2.87. The van der Waals surface area contributed by atoms with Crippen LogP contribution in [0.4, 0.5) is 4.79 Å². The number of benzene rings is 1. The lowest BCUT2D eigenvalue weighted by atomic mass is 10.2. The average Bonchev–Trinajstić information content (AvgIpc) is 2.49. The molecule has 0 saturated heterocycles. The van der Waals surface area contributed by atoms with Crippen LogP contribution in [-0.2, 0) is 16.1 Å². The summed E-state index contributed by atoms with van der Waals surface area (Å²) in [5, 5.41) is 4.60. The summed E-state index contributed by atoms with van der Waals surface area (Å²) in [7, 11) is 0. The zero-order valence-electron chi connectivity index (χ0n) is 12.3. The summed E-state index contributed by atoms with van der Waals surface area (Å²) in [6, 6.07) is 4.93. The molecule has 0 aromatic heterocycles. The lowest BCUT2D eigenvalue weighted by molar-refractivity contribution is -0.128. The van der Waals surface area contributed by atoms with Crippen molar-refractivity contribution >= 4 is 17.8 Å². The van der Waals surface area contributed by atoms with E-state index in [-0.39, 0.29) is 6.54 Å². The molecule has 8 nitrogen and oxygen atoms in total. The van der Waals surface area contributed by atoms with E-state index in [0.29, 0.717) is 6.61 Å². The van der Waals surface area contributed by atoms with Crippen molar-refractivity contribution in [1.29, 1.82) is 0 Å². The fourth-order valence-corrected chi connectivity index (χ4v) is 1.57. The summed E-state index contributed by atoms with van der Waals surface area (Å²) in [6.07, 6.45) is 0.921. The highest BCUT2D eigenvalue weighted by Crippen LogP contribution is 2.12. The Kier molecular flexibility index (Phi) is 6.68. The van der Waals surface area contributed by atoms with Gasteiger partial charge in [-0.15, -0.1) is 0 Å². The first kappa shape index (κ1) is 17.3. The molecule has 0 radical (unpaired) electrons. The lowest BCUT2D eigenvalue weighted by Gasteiger charge is -2.13. The Bertz CT molecular complexity index is 516. The van der Waals surface area contributed by atoms with Crippen molar-refractivity contribution in [2.75, 3.05) is 6.61 Å². The van der Waals surface area contributed by atoms with Gasteiger partial charge in [0, 0.05) is 6.54 Å². The van der Waals surface area contributed by atoms with Crippen LogP contribution in [0, 0.1) is 0 Å². The predicted octanol–water partition coefficient (Wildman–Crippen LogP) is -0.386. The standard InChI is InChI=1S/C14H20N4O4/c1-2-7-22-10-5-3-9(4-6-10)8-17-14(21)18-11(12(15)19)13(16)20/h3-6,11H,2,7-8H2,1H3,(H2,15,19)(H2,16,20)(H2,17,18,21). The maximum atomic E-state index is 11.6. The summed E-state index contributed by atoms with van der Waals surface area (Å²) in [5.74, 6) is -1.28. The van der Waals surface area contributed by atoms with Crippen molar-refractivity contribution in [2.24, 2.45) is 11.5 Å². The van der Waals surface area contributed by atoms with E-state index in [1.807, 2.05) is 6.92 Å². The molecular formula is C14H20N4O4. The van der Waals surface area contributed by atoms with Crippen LogP contribution in [0.15, 0.2) is 24.3 Å². The van der Waals surface area contributed by atoms with E-state index in [0.717, 1.165) is 17.7 Å². The number of hydrogen-bond donors (Lipinski definition) is 4. The van der Waals surface area contributed by atoms with E-state index in [2.05, 4.69) is 10.6 Å². The second kappa shape index (κ2) is 8.50. The summed E-state index contributed by atoms with van der Waals surface area (Å²) >= 11 is 0. The molecule has 0 aliphatic heterocycles. The van der Waals surface area contributed by atoms with Crippen LogP contribution in [0.5, 0.6) is 5.75 Å². The van der Waals surface area contributed by atoms with E-state index in [1.165, 1.54) is 0 Å². The first-order chi connectivity index (χ1) is 10.4. The summed E-state index contributed by atoms with van der Waals surface area (Å²) in [4.78, 5) is 33.5. The number of carbonyl (C=O) groups is 3. The van der Waals surface area contributed by atoms with Crippen LogP contribution < -0.4 is 26.8 Å². The average molecular weight is 308 g/mol. The van der Waals surface area contributed by atoms with Crippen molar-refractivity contribution < 1.29 is 19.1 Å². The Morgan fingerprint density at radius 3 is 2.23 bits per heavy atom. The Balaban J connectivity index is 2.46. The highest BCUT2D eigenvalue weighted by atomic mass is 16.5. The topological polar surface area (TPSA) is 137 Å². The van der Waals surface area contributed by atoms with E-state index in [4.69, 9.17) is 16.2 Å². The van der Waals surface area contributed by atoms with Gasteiger partial charge >= 0.3 is 6.03 Å². The summed E-state index contributed by atoms with van der Waals surface area (Å²) in [5.41, 5.74) is 10.7. The fraction of sp³-hybridized carbons (Fsp3) is 0.357. The van der Waals surface area contributed by atoms with Gasteiger partial charge in [-0.2, -0.15) is 0 Å². The molecule has 0 unspecified atom stereocenters. The van der Waals surface area contributed by atoms with Crippen molar-refractivity contribution in [3.05, 3.63) is 29.8 Å². The molecule has 22 heavy (non-hydrogen) atoms. The second-order valence-corrected chi connectivity index (χ2v) is 4.56. The molecule has 0 fully saturated rings. The van der Waals surface area contributed by atoms with Gasteiger partial charge < -0.3 is 26.8 Å². The van der Waals surface area contributed by atoms with Gasteiger partial charge in [0.1, 0.15) is 5.75 Å². The fourth-order valence-electron chi connectivity index (χ4n) is 1.57. The monoisotopic (exact) mass is 308 g/mol. The third-order valence-electron chi connectivity index (χ3n) is 2.69. The second-order valence-electron chi connectivity index (χ2n) is 4.56. The SMILES string of the molecule is CCCOc1ccc(CNC(=O)NC(C(N)=O)C(N)=O)cc1. The maximum Gasteiger partial charge on any atom is 0.316 e. The Hall–Kier alpha value is -2.77. The zero-order chi connectivity index (χ0) is 16.5. The molecule has 1 aromatic rings. The van der Waals surface area contributed by atoms with E-state index in [1.54, 1.807) is 24.3 Å². The Labute approximate surface area is 128 Å². The van der Waals surface area contributed by atoms with E-state index < -0.39 is 23.9 Å². The molecule has 0 aliphatic rings. The first-order valence-electron chi connectivity index (χ1n) is 6.78. The number of amides is 4. The van der Waals surface area contributed by atoms with Gasteiger partial charge in [-0.05, 0) is 24.1 Å². The van der Waals surface area contributed by atoms with Crippen LogP contribution in [0.3, 0.4) is 0 Å². The number of urea groups is 1. The minimum Gasteiger partial charge on any atom is -0.494 e. The summed E-state index contributed by atoms with van der Waals surface area (Å²) < 4.78 is 5.44. The minimum atomic E-state index is -1.54. The molecule has 0 bridgehead atoms. The molecule has 0 aliphatic carbocycles. The van der Waals surface area contributed by atoms with Crippen molar-refractivity contribution in [2.45, 2.75) is 25.9 Å². The van der Waals surface area contributed by atoms with E-state index in [9.17, 15) is 14.4 Å². The largest absolute Gasteiger partial charge is 0.494 e. The molecule has 8 heteroatoms. The lowest BCUT2D eigenvalue weighted by Crippen LogP contribution is -2.54. The Morgan fingerprint density at radius 1 is 1.14 bits per heavy atom. The van der Waals surface area contributed by atoms with Gasteiger partial charge in [-0.3, -0.25) is 9.59 Å². The molecule has 6 N–H and O–H groups in total.